The number of hydrogen-bond donors (Lipinski definition) is 0. The Morgan fingerprint density at radius 2 is 1.88 bits per heavy atom. The molecule has 168 valence electrons. The molecule has 0 unspecified atom stereocenters. The van der Waals surface area contributed by atoms with Crippen LogP contribution in [0.2, 0.25) is 0 Å². The number of benzene rings is 2. The maximum atomic E-state index is 13.3. The van der Waals surface area contributed by atoms with Crippen molar-refractivity contribution in [1.29, 1.82) is 0 Å². The minimum atomic E-state index is -3.85. The second-order valence-corrected chi connectivity index (χ2v) is 10.0. The summed E-state index contributed by atoms with van der Waals surface area (Å²) in [7, 11) is -3.85. The number of nitrogens with zero attached hydrogens (tertiary/aromatic N) is 3. The zero-order valence-electron chi connectivity index (χ0n) is 18.0. The summed E-state index contributed by atoms with van der Waals surface area (Å²) < 4.78 is 43.1. The van der Waals surface area contributed by atoms with Gasteiger partial charge in [-0.3, -0.25) is 13.5 Å². The lowest BCUT2D eigenvalue weighted by Gasteiger charge is -2.31. The van der Waals surface area contributed by atoms with Crippen LogP contribution in [0.15, 0.2) is 71.8 Å². The zero-order chi connectivity index (χ0) is 23.2. The van der Waals surface area contributed by atoms with Gasteiger partial charge in [-0.15, -0.1) is 0 Å². The van der Waals surface area contributed by atoms with Crippen LogP contribution in [0.4, 0.5) is 10.1 Å². The van der Waals surface area contributed by atoms with Crippen molar-refractivity contribution in [3.8, 4) is 0 Å². The monoisotopic (exact) mass is 463 g/mol. The summed E-state index contributed by atoms with van der Waals surface area (Å²) in [5.41, 5.74) is 4.11. The molecule has 2 aromatic carbocycles. The summed E-state index contributed by atoms with van der Waals surface area (Å²) in [6.45, 7) is 2.14. The van der Waals surface area contributed by atoms with Crippen molar-refractivity contribution in [2.45, 2.75) is 31.1 Å². The number of ketones is 1. The smallest absolute Gasteiger partial charge is 0.264 e. The van der Waals surface area contributed by atoms with E-state index in [4.69, 9.17) is 0 Å². The van der Waals surface area contributed by atoms with Crippen LogP contribution in [-0.4, -0.2) is 30.1 Å². The van der Waals surface area contributed by atoms with Crippen LogP contribution < -0.4 is 4.31 Å². The first-order chi connectivity index (χ1) is 15.8. The first kappa shape index (κ1) is 21.3. The number of sulfonamides is 1. The number of aryl methyl sites for hydroxylation is 2. The molecule has 0 N–H and O–H groups in total. The minimum absolute atomic E-state index is 0.0413. The summed E-state index contributed by atoms with van der Waals surface area (Å²) in [6, 6.07) is 16.0. The van der Waals surface area contributed by atoms with Gasteiger partial charge in [0.1, 0.15) is 17.2 Å². The van der Waals surface area contributed by atoms with Crippen molar-refractivity contribution in [3.63, 3.8) is 0 Å². The molecule has 0 saturated heterocycles. The lowest BCUT2D eigenvalue weighted by Crippen LogP contribution is -2.35. The number of carbonyl (C=O) groups is 1. The van der Waals surface area contributed by atoms with E-state index in [1.165, 1.54) is 16.4 Å². The van der Waals surface area contributed by atoms with E-state index in [-0.39, 0.29) is 17.1 Å². The highest BCUT2D eigenvalue weighted by molar-refractivity contribution is 7.92. The SMILES string of the molecule is Cc1nc2ccccn2c1C(=O)Cc1ccc2c(c1)N(S(=O)(=O)c1ccc(F)cc1)CCC2. The number of halogens is 1. The predicted molar refractivity (Wildman–Crippen MR) is 124 cm³/mol. The number of Topliss-reactive ketones (excluding diaryl/α,β-unsaturated/α-hetero) is 1. The fraction of sp³-hybridized carbons (Fsp3) is 0.200. The van der Waals surface area contributed by atoms with Gasteiger partial charge in [0.25, 0.3) is 10.0 Å². The van der Waals surface area contributed by atoms with Crippen LogP contribution in [0, 0.1) is 12.7 Å². The predicted octanol–water partition coefficient (Wildman–Crippen LogP) is 4.35. The summed E-state index contributed by atoms with van der Waals surface area (Å²) in [6.07, 6.45) is 3.38. The normalized spacial score (nSPS) is 13.8. The molecule has 0 radical (unpaired) electrons. The van der Waals surface area contributed by atoms with Crippen LogP contribution in [0.3, 0.4) is 0 Å². The maximum Gasteiger partial charge on any atom is 0.264 e. The van der Waals surface area contributed by atoms with Crippen LogP contribution in [0.1, 0.15) is 33.7 Å². The first-order valence-corrected chi connectivity index (χ1v) is 12.2. The fourth-order valence-corrected chi connectivity index (χ4v) is 5.93. The number of anilines is 1. The Hall–Kier alpha value is -3.52. The molecule has 33 heavy (non-hydrogen) atoms. The van der Waals surface area contributed by atoms with Gasteiger partial charge in [-0.2, -0.15) is 0 Å². The van der Waals surface area contributed by atoms with E-state index in [2.05, 4.69) is 4.98 Å². The molecule has 0 saturated carbocycles. The molecule has 0 bridgehead atoms. The molecule has 0 atom stereocenters. The highest BCUT2D eigenvalue weighted by Crippen LogP contribution is 2.33. The Kier molecular flexibility index (Phi) is 5.25. The molecule has 0 fully saturated rings. The second kappa shape index (κ2) is 8.12. The number of fused-ring (bicyclic) bond motifs is 2. The van der Waals surface area contributed by atoms with Gasteiger partial charge < -0.3 is 0 Å². The van der Waals surface area contributed by atoms with Gasteiger partial charge in [-0.25, -0.2) is 17.8 Å². The highest BCUT2D eigenvalue weighted by atomic mass is 32.2. The quantitative estimate of drug-likeness (QED) is 0.413. The summed E-state index contributed by atoms with van der Waals surface area (Å²) in [4.78, 5) is 17.7. The molecule has 5 rings (SSSR count). The Bertz CT molecular complexity index is 1480. The Morgan fingerprint density at radius 1 is 1.09 bits per heavy atom. The summed E-state index contributed by atoms with van der Waals surface area (Å²) >= 11 is 0. The van der Waals surface area contributed by atoms with E-state index >= 15 is 0 Å². The molecule has 0 amide bonds. The van der Waals surface area contributed by atoms with Gasteiger partial charge >= 0.3 is 0 Å². The number of pyridine rings is 1. The number of carbonyl (C=O) groups excluding carboxylic acids is 1. The molecule has 6 nitrogen and oxygen atoms in total. The molecule has 0 aliphatic carbocycles. The molecule has 1 aliphatic rings. The van der Waals surface area contributed by atoms with E-state index in [9.17, 15) is 17.6 Å². The van der Waals surface area contributed by atoms with Crippen LogP contribution in [-0.2, 0) is 22.9 Å². The molecule has 1 aliphatic heterocycles. The fourth-order valence-electron chi connectivity index (χ4n) is 4.40. The molecular formula is C25H22FN3O3S. The molecule has 8 heteroatoms. The third kappa shape index (κ3) is 3.80. The van der Waals surface area contributed by atoms with Gasteiger partial charge in [0.05, 0.1) is 16.3 Å². The van der Waals surface area contributed by atoms with Crippen molar-refractivity contribution in [1.82, 2.24) is 9.38 Å². The molecular weight excluding hydrogens is 441 g/mol. The third-order valence-electron chi connectivity index (χ3n) is 5.96. The first-order valence-electron chi connectivity index (χ1n) is 10.7. The Labute approximate surface area is 191 Å². The van der Waals surface area contributed by atoms with Crippen molar-refractivity contribution >= 4 is 27.1 Å². The van der Waals surface area contributed by atoms with Crippen LogP contribution in [0.5, 0.6) is 0 Å². The molecule has 3 heterocycles. The number of imidazole rings is 1. The van der Waals surface area contributed by atoms with E-state index in [0.29, 0.717) is 35.7 Å². The topological polar surface area (TPSA) is 71.8 Å². The molecule has 4 aromatic rings. The number of aromatic nitrogens is 2. The van der Waals surface area contributed by atoms with Gasteiger partial charge in [0, 0.05) is 19.2 Å². The van der Waals surface area contributed by atoms with E-state index in [1.54, 1.807) is 10.5 Å². The van der Waals surface area contributed by atoms with E-state index in [1.807, 2.05) is 43.5 Å². The molecule has 2 aromatic heterocycles. The van der Waals surface area contributed by atoms with E-state index in [0.717, 1.165) is 29.7 Å². The third-order valence-corrected chi connectivity index (χ3v) is 7.79. The van der Waals surface area contributed by atoms with Crippen LogP contribution >= 0.6 is 0 Å². The van der Waals surface area contributed by atoms with Gasteiger partial charge in [-0.1, -0.05) is 18.2 Å². The standard InChI is InChI=1S/C25H22FN3O3S/c1-17-25(28-13-3-2-6-24(28)27-17)23(30)16-18-7-8-19-5-4-14-29(22(19)15-18)33(31,32)21-11-9-20(26)10-12-21/h2-3,6-13,15H,4-5,14,16H2,1H3. The average molecular weight is 464 g/mol. The van der Waals surface area contributed by atoms with Crippen molar-refractivity contribution < 1.29 is 17.6 Å². The zero-order valence-corrected chi connectivity index (χ0v) is 18.8. The van der Waals surface area contributed by atoms with Crippen molar-refractivity contribution in [2.24, 2.45) is 0 Å². The lowest BCUT2D eigenvalue weighted by atomic mass is 9.98. The summed E-state index contributed by atoms with van der Waals surface area (Å²) in [5, 5.41) is 0. The minimum Gasteiger partial charge on any atom is -0.297 e. The number of rotatable bonds is 5. The van der Waals surface area contributed by atoms with E-state index < -0.39 is 15.8 Å². The summed E-state index contributed by atoms with van der Waals surface area (Å²) in [5.74, 6) is -0.577. The van der Waals surface area contributed by atoms with Crippen LogP contribution in [0.25, 0.3) is 5.65 Å². The van der Waals surface area contributed by atoms with Gasteiger partial charge in [0.15, 0.2) is 5.78 Å². The lowest BCUT2D eigenvalue weighted by molar-refractivity contribution is 0.0986. The van der Waals surface area contributed by atoms with Crippen molar-refractivity contribution in [2.75, 3.05) is 10.8 Å². The maximum absolute atomic E-state index is 13.3. The Balaban J connectivity index is 1.49. The second-order valence-electron chi connectivity index (χ2n) is 8.17. The highest BCUT2D eigenvalue weighted by Gasteiger charge is 2.29. The van der Waals surface area contributed by atoms with Gasteiger partial charge in [0.2, 0.25) is 0 Å². The number of hydrogen-bond acceptors (Lipinski definition) is 4. The largest absolute Gasteiger partial charge is 0.297 e. The Morgan fingerprint density at radius 3 is 2.67 bits per heavy atom. The van der Waals surface area contributed by atoms with Gasteiger partial charge in [-0.05, 0) is 73.4 Å². The van der Waals surface area contributed by atoms with Crippen molar-refractivity contribution in [3.05, 3.63) is 95.2 Å². The average Bonchev–Trinajstić information content (AvgIpc) is 3.14. The molecule has 0 spiro atoms.